The van der Waals surface area contributed by atoms with E-state index in [1.54, 1.807) is 30.4 Å². The number of rotatable bonds is 5. The van der Waals surface area contributed by atoms with Crippen LogP contribution in [0.3, 0.4) is 0 Å². The maximum Gasteiger partial charge on any atom is 0.313 e. The highest BCUT2D eigenvalue weighted by molar-refractivity contribution is 6.42. The highest BCUT2D eigenvalue weighted by atomic mass is 35.5. The Bertz CT molecular complexity index is 956. The van der Waals surface area contributed by atoms with Crippen LogP contribution in [0.2, 0.25) is 15.1 Å². The van der Waals surface area contributed by atoms with Crippen LogP contribution in [0.15, 0.2) is 48.6 Å². The van der Waals surface area contributed by atoms with E-state index in [1.807, 2.05) is 0 Å². The van der Waals surface area contributed by atoms with Gasteiger partial charge in [-0.1, -0.05) is 65.2 Å². The largest absolute Gasteiger partial charge is 0.469 e. The van der Waals surface area contributed by atoms with Crippen LogP contribution >= 0.6 is 34.8 Å². The van der Waals surface area contributed by atoms with Gasteiger partial charge in [0.25, 0.3) is 5.91 Å². The molecule has 152 valence electrons. The molecule has 8 heteroatoms. The molecule has 4 nitrogen and oxygen atoms in total. The van der Waals surface area contributed by atoms with Crippen LogP contribution in [0.4, 0.5) is 4.39 Å². The summed E-state index contributed by atoms with van der Waals surface area (Å²) in [6.07, 6.45) is 3.93. The highest BCUT2D eigenvalue weighted by Crippen LogP contribution is 2.36. The van der Waals surface area contributed by atoms with E-state index in [-0.39, 0.29) is 33.1 Å². The molecule has 2 aromatic rings. The van der Waals surface area contributed by atoms with Crippen LogP contribution in [0.1, 0.15) is 28.3 Å². The summed E-state index contributed by atoms with van der Waals surface area (Å²) < 4.78 is 19.2. The molecule has 0 heterocycles. The average molecular weight is 457 g/mol. The molecule has 0 aromatic heterocycles. The summed E-state index contributed by atoms with van der Waals surface area (Å²) in [5.41, 5.74) is 0.373. The van der Waals surface area contributed by atoms with E-state index < -0.39 is 23.6 Å². The molecule has 29 heavy (non-hydrogen) atoms. The number of allylic oxidation sites excluding steroid dienone is 1. The van der Waals surface area contributed by atoms with E-state index >= 15 is 0 Å². The second-order valence-electron chi connectivity index (χ2n) is 6.63. The minimum absolute atomic E-state index is 0.119. The Labute approximate surface area is 182 Å². The number of nitrogens with one attached hydrogen (secondary N) is 1. The molecule has 0 saturated carbocycles. The van der Waals surface area contributed by atoms with Gasteiger partial charge in [0, 0.05) is 16.6 Å². The Balaban J connectivity index is 1.77. The molecule has 0 fully saturated rings. The zero-order chi connectivity index (χ0) is 21.1. The molecule has 0 radical (unpaired) electrons. The lowest BCUT2D eigenvalue weighted by Gasteiger charge is -2.22. The molecule has 0 spiro atoms. The standard InChI is InChI=1S/C21H17Cl3FNO3/c1-29-21(28)18(14-4-2-3-5-17(14)25)11-6-7-13(8-11)26-20(27)19-15(23)9-12(22)10-16(19)24/h2-7,9-11,13,18H,8H2,1H3,(H,26,27)/t11-,13-,18-/m0/s1. The summed E-state index contributed by atoms with van der Waals surface area (Å²) in [4.78, 5) is 25.0. The van der Waals surface area contributed by atoms with Gasteiger partial charge in [-0.15, -0.1) is 0 Å². The first kappa shape index (κ1) is 21.6. The topological polar surface area (TPSA) is 55.4 Å². The molecule has 3 atom stereocenters. The lowest BCUT2D eigenvalue weighted by Crippen LogP contribution is -2.34. The van der Waals surface area contributed by atoms with Crippen molar-refractivity contribution in [3.8, 4) is 0 Å². The van der Waals surface area contributed by atoms with Gasteiger partial charge < -0.3 is 10.1 Å². The van der Waals surface area contributed by atoms with E-state index in [0.717, 1.165) is 0 Å². The Morgan fingerprint density at radius 1 is 1.14 bits per heavy atom. The Morgan fingerprint density at radius 3 is 2.41 bits per heavy atom. The van der Waals surface area contributed by atoms with E-state index in [9.17, 15) is 14.0 Å². The minimum Gasteiger partial charge on any atom is -0.469 e. The van der Waals surface area contributed by atoms with Gasteiger partial charge in [-0.2, -0.15) is 0 Å². The summed E-state index contributed by atoms with van der Waals surface area (Å²) >= 11 is 18.1. The van der Waals surface area contributed by atoms with Crippen LogP contribution in [0.5, 0.6) is 0 Å². The van der Waals surface area contributed by atoms with Crippen LogP contribution in [0.25, 0.3) is 0 Å². The van der Waals surface area contributed by atoms with Gasteiger partial charge in [-0.3, -0.25) is 9.59 Å². The van der Waals surface area contributed by atoms with Crippen LogP contribution in [0, 0.1) is 11.7 Å². The molecule has 0 saturated heterocycles. The molecule has 2 aromatic carbocycles. The van der Waals surface area contributed by atoms with Gasteiger partial charge in [0.15, 0.2) is 0 Å². The second kappa shape index (κ2) is 9.16. The third-order valence-electron chi connectivity index (χ3n) is 4.79. The predicted octanol–water partition coefficient (Wildman–Crippen LogP) is 5.42. The smallest absolute Gasteiger partial charge is 0.313 e. The van der Waals surface area contributed by atoms with Crippen molar-refractivity contribution < 1.29 is 18.7 Å². The number of methoxy groups -OCH3 is 1. The highest BCUT2D eigenvalue weighted by Gasteiger charge is 2.35. The van der Waals surface area contributed by atoms with Crippen molar-refractivity contribution in [2.75, 3.05) is 7.11 Å². The van der Waals surface area contributed by atoms with Gasteiger partial charge in [0.1, 0.15) is 5.82 Å². The van der Waals surface area contributed by atoms with Crippen LogP contribution in [-0.2, 0) is 9.53 Å². The predicted molar refractivity (Wildman–Crippen MR) is 111 cm³/mol. The lowest BCUT2D eigenvalue weighted by atomic mass is 9.85. The number of hydrogen-bond acceptors (Lipinski definition) is 3. The fourth-order valence-electron chi connectivity index (χ4n) is 3.47. The van der Waals surface area contributed by atoms with Crippen molar-refractivity contribution in [2.24, 2.45) is 5.92 Å². The van der Waals surface area contributed by atoms with Crippen molar-refractivity contribution in [1.82, 2.24) is 5.32 Å². The van der Waals surface area contributed by atoms with E-state index in [1.165, 1.54) is 25.3 Å². The number of hydrogen-bond donors (Lipinski definition) is 1. The van der Waals surface area contributed by atoms with Crippen molar-refractivity contribution in [2.45, 2.75) is 18.4 Å². The van der Waals surface area contributed by atoms with Gasteiger partial charge >= 0.3 is 5.97 Å². The van der Waals surface area contributed by atoms with Crippen molar-refractivity contribution in [3.63, 3.8) is 0 Å². The number of benzene rings is 2. The van der Waals surface area contributed by atoms with E-state index in [4.69, 9.17) is 39.5 Å². The van der Waals surface area contributed by atoms with Gasteiger partial charge in [0.05, 0.1) is 28.6 Å². The van der Waals surface area contributed by atoms with E-state index in [2.05, 4.69) is 5.32 Å². The Morgan fingerprint density at radius 2 is 1.79 bits per heavy atom. The van der Waals surface area contributed by atoms with Crippen LogP contribution < -0.4 is 5.32 Å². The molecule has 1 aliphatic carbocycles. The quantitative estimate of drug-likeness (QED) is 0.483. The van der Waals surface area contributed by atoms with Crippen molar-refractivity contribution in [3.05, 3.63) is 80.6 Å². The molecule has 3 rings (SSSR count). The van der Waals surface area contributed by atoms with Crippen molar-refractivity contribution >= 4 is 46.7 Å². The molecule has 0 unspecified atom stereocenters. The second-order valence-corrected chi connectivity index (χ2v) is 7.88. The molecular formula is C21H17Cl3FNO3. The fourth-order valence-corrected chi connectivity index (χ4v) is 4.46. The lowest BCUT2D eigenvalue weighted by molar-refractivity contribution is -0.143. The summed E-state index contributed by atoms with van der Waals surface area (Å²) in [5.74, 6) is -2.65. The minimum atomic E-state index is -0.818. The Hall–Kier alpha value is -2.08. The summed E-state index contributed by atoms with van der Waals surface area (Å²) in [6, 6.07) is 8.56. The SMILES string of the molecule is COC(=O)[C@H](c1ccccc1F)[C@H]1C=C[C@H](NC(=O)c2c(Cl)cc(Cl)cc2Cl)C1. The normalized spacial score (nSPS) is 19.1. The van der Waals surface area contributed by atoms with Gasteiger partial charge in [-0.05, 0) is 30.5 Å². The van der Waals surface area contributed by atoms with Crippen LogP contribution in [-0.4, -0.2) is 25.0 Å². The zero-order valence-corrected chi connectivity index (χ0v) is 17.6. The molecule has 0 bridgehead atoms. The summed E-state index contributed by atoms with van der Waals surface area (Å²) in [5, 5.41) is 3.42. The number of carbonyl (C=O) groups is 2. The molecule has 1 aliphatic rings. The third kappa shape index (κ3) is 4.74. The van der Waals surface area contributed by atoms with Crippen molar-refractivity contribution in [1.29, 1.82) is 0 Å². The van der Waals surface area contributed by atoms with Gasteiger partial charge in [-0.25, -0.2) is 4.39 Å². The maximum absolute atomic E-state index is 14.3. The first-order valence-corrected chi connectivity index (χ1v) is 9.91. The average Bonchev–Trinajstić information content (AvgIpc) is 3.10. The first-order valence-electron chi connectivity index (χ1n) is 8.77. The monoisotopic (exact) mass is 455 g/mol. The number of esters is 1. The fraction of sp³-hybridized carbons (Fsp3) is 0.238. The number of halogens is 4. The number of carbonyl (C=O) groups excluding carboxylic acids is 2. The third-order valence-corrected chi connectivity index (χ3v) is 5.61. The molecule has 1 amide bonds. The zero-order valence-electron chi connectivity index (χ0n) is 15.3. The van der Waals surface area contributed by atoms with Gasteiger partial charge in [0.2, 0.25) is 0 Å². The molecule has 0 aliphatic heterocycles. The summed E-state index contributed by atoms with van der Waals surface area (Å²) in [7, 11) is 1.26. The molecule has 1 N–H and O–H groups in total. The maximum atomic E-state index is 14.3. The molecular weight excluding hydrogens is 440 g/mol. The first-order chi connectivity index (χ1) is 13.8. The summed E-state index contributed by atoms with van der Waals surface area (Å²) in [6.45, 7) is 0. The number of amides is 1. The number of ether oxygens (including phenoxy) is 1. The Kier molecular flexibility index (Phi) is 6.83. The van der Waals surface area contributed by atoms with E-state index in [0.29, 0.717) is 11.4 Å².